The summed E-state index contributed by atoms with van der Waals surface area (Å²) in [7, 11) is 0. The molecule has 6 rings (SSSR count). The van der Waals surface area contributed by atoms with E-state index in [9.17, 15) is 19.8 Å². The van der Waals surface area contributed by atoms with E-state index in [2.05, 4.69) is 41.5 Å². The minimum atomic E-state index is -0.678. The van der Waals surface area contributed by atoms with Gasteiger partial charge in [-0.15, -0.1) is 0 Å². The number of rotatable bonds is 11. The number of hydrogen-bond donors (Lipinski definition) is 2. The summed E-state index contributed by atoms with van der Waals surface area (Å²) < 4.78 is 12.3. The van der Waals surface area contributed by atoms with Crippen molar-refractivity contribution in [2.24, 2.45) is 43.5 Å². The summed E-state index contributed by atoms with van der Waals surface area (Å²) in [6.45, 7) is 16.4. The Labute approximate surface area is 309 Å². The predicted molar refractivity (Wildman–Crippen MR) is 204 cm³/mol. The van der Waals surface area contributed by atoms with Crippen LogP contribution >= 0.6 is 0 Å². The Hall–Kier alpha value is -4.20. The molecule has 0 saturated heterocycles. The third-order valence-corrected chi connectivity index (χ3v) is 14.5. The van der Waals surface area contributed by atoms with E-state index >= 15 is 0 Å². The van der Waals surface area contributed by atoms with Gasteiger partial charge in [-0.1, -0.05) is 102 Å². The summed E-state index contributed by atoms with van der Waals surface area (Å²) in [5, 5.41) is 21.5. The van der Waals surface area contributed by atoms with Crippen LogP contribution in [0.1, 0.15) is 117 Å². The monoisotopic (exact) mass is 708 g/mol. The number of carbonyl (C=O) groups excluding carboxylic acids is 2. The van der Waals surface area contributed by atoms with E-state index in [4.69, 9.17) is 19.5 Å². The molecule has 52 heavy (non-hydrogen) atoms. The third-order valence-electron chi connectivity index (χ3n) is 14.5. The SMILES string of the molecule is CC(O)=C(C=N[C@H](c1ccccc1)[C@H](N=CC(C(=O)O[C@@H]1C[C@@H]2CC[C@@]1(C)C2(C)C)=C(C)O)c1ccccc1)C(=O)O[C@@H]1C[C@@H]2CC[C@@]1(C)C2(C)C. The van der Waals surface area contributed by atoms with Crippen LogP contribution in [0.3, 0.4) is 0 Å². The number of fused-ring (bicyclic) bond motifs is 4. The lowest BCUT2D eigenvalue weighted by atomic mass is 9.70. The molecule has 2 aromatic carbocycles. The van der Waals surface area contributed by atoms with Crippen molar-refractivity contribution in [3.63, 3.8) is 0 Å². The topological polar surface area (TPSA) is 118 Å². The molecule has 4 aliphatic rings. The highest BCUT2D eigenvalue weighted by Crippen LogP contribution is 2.67. The molecular weight excluding hydrogens is 652 g/mol. The summed E-state index contributed by atoms with van der Waals surface area (Å²) >= 11 is 0. The fourth-order valence-electron chi connectivity index (χ4n) is 9.90. The van der Waals surface area contributed by atoms with Crippen LogP contribution in [0.25, 0.3) is 0 Å². The van der Waals surface area contributed by atoms with E-state index < -0.39 is 24.0 Å². The molecule has 0 aromatic heterocycles. The normalized spacial score (nSPS) is 32.1. The van der Waals surface area contributed by atoms with Crippen LogP contribution in [0.15, 0.2) is 93.3 Å². The second-order valence-electron chi connectivity index (χ2n) is 17.3. The Morgan fingerprint density at radius 3 is 1.27 bits per heavy atom. The van der Waals surface area contributed by atoms with Gasteiger partial charge in [0.15, 0.2) is 0 Å². The zero-order valence-corrected chi connectivity index (χ0v) is 32.1. The molecule has 0 amide bonds. The van der Waals surface area contributed by atoms with Crippen LogP contribution in [0.2, 0.25) is 0 Å². The van der Waals surface area contributed by atoms with Crippen LogP contribution in [0, 0.1) is 33.5 Å². The maximum absolute atomic E-state index is 13.7. The van der Waals surface area contributed by atoms with Gasteiger partial charge >= 0.3 is 11.9 Å². The number of allylic oxidation sites excluding steroid dienone is 2. The summed E-state index contributed by atoms with van der Waals surface area (Å²) in [5.41, 5.74) is 1.42. The number of hydrogen-bond acceptors (Lipinski definition) is 8. The molecule has 0 heterocycles. The van der Waals surface area contributed by atoms with Gasteiger partial charge in [0.05, 0.1) is 0 Å². The van der Waals surface area contributed by atoms with E-state index in [-0.39, 0.29) is 56.5 Å². The average Bonchev–Trinajstić information content (AvgIpc) is 3.62. The standard InChI is InChI=1S/C44H56N2O6/c1-27(47)33(39(49)51-35-23-31-19-21-43(35,7)41(31,3)4)25-45-37(29-15-11-9-12-16-29)38(30-17-13-10-14-18-30)46-26-34(28(2)48)40(50)52-36-24-32-20-22-44(36,8)42(32,5)6/h9-18,25-26,31-32,35-38,47-48H,19-24H2,1-8H3/t31-,32-,35+,36+,37+,38+,43+,44+/m0/s1. The molecule has 2 N–H and O–H groups in total. The second kappa shape index (κ2) is 14.0. The Bertz CT molecular complexity index is 1650. The van der Waals surface area contributed by atoms with Gasteiger partial charge in [-0.05, 0) is 86.2 Å². The Morgan fingerprint density at radius 2 is 1.00 bits per heavy atom. The molecule has 2 aromatic rings. The number of esters is 2. The lowest BCUT2D eigenvalue weighted by molar-refractivity contribution is -0.152. The molecule has 0 spiro atoms. The second-order valence-corrected chi connectivity index (χ2v) is 17.3. The maximum Gasteiger partial charge on any atom is 0.343 e. The molecule has 8 heteroatoms. The Balaban J connectivity index is 1.30. The molecule has 8 nitrogen and oxygen atoms in total. The van der Waals surface area contributed by atoms with E-state index in [1.165, 1.54) is 26.3 Å². The van der Waals surface area contributed by atoms with Crippen molar-refractivity contribution in [1.82, 2.24) is 0 Å². The number of aliphatic imine (C=N–C) groups is 2. The first-order valence-corrected chi connectivity index (χ1v) is 18.9. The number of benzene rings is 2. The van der Waals surface area contributed by atoms with Gasteiger partial charge in [-0.2, -0.15) is 0 Å². The molecule has 0 unspecified atom stereocenters. The molecule has 8 atom stereocenters. The highest BCUT2D eigenvalue weighted by atomic mass is 16.6. The summed E-state index contributed by atoms with van der Waals surface area (Å²) in [4.78, 5) is 37.3. The summed E-state index contributed by atoms with van der Waals surface area (Å²) in [6, 6.07) is 17.8. The van der Waals surface area contributed by atoms with E-state index in [0.717, 1.165) is 49.7 Å². The van der Waals surface area contributed by atoms with Crippen molar-refractivity contribution in [2.75, 3.05) is 0 Å². The van der Waals surface area contributed by atoms with Crippen molar-refractivity contribution in [2.45, 2.75) is 118 Å². The van der Waals surface area contributed by atoms with E-state index in [0.29, 0.717) is 11.8 Å². The van der Waals surface area contributed by atoms with Gasteiger partial charge in [0.2, 0.25) is 0 Å². The van der Waals surface area contributed by atoms with Crippen LogP contribution in [0.4, 0.5) is 0 Å². The lowest BCUT2D eigenvalue weighted by Gasteiger charge is -2.38. The van der Waals surface area contributed by atoms with Crippen molar-refractivity contribution in [1.29, 1.82) is 0 Å². The summed E-state index contributed by atoms with van der Waals surface area (Å²) in [5.74, 6) is -0.609. The third kappa shape index (κ3) is 6.40. The van der Waals surface area contributed by atoms with Crippen LogP contribution < -0.4 is 0 Å². The van der Waals surface area contributed by atoms with Crippen molar-refractivity contribution in [3.8, 4) is 0 Å². The van der Waals surface area contributed by atoms with Gasteiger partial charge < -0.3 is 19.7 Å². The highest BCUT2D eigenvalue weighted by Gasteiger charge is 2.64. The van der Waals surface area contributed by atoms with Gasteiger partial charge in [0.1, 0.15) is 47.0 Å². The number of ether oxygens (including phenoxy) is 2. The molecule has 4 aliphatic carbocycles. The van der Waals surface area contributed by atoms with Crippen LogP contribution in [-0.2, 0) is 19.1 Å². The fraction of sp³-hybridized carbons (Fsp3) is 0.545. The van der Waals surface area contributed by atoms with Crippen molar-refractivity contribution >= 4 is 24.4 Å². The molecule has 4 saturated carbocycles. The largest absolute Gasteiger partial charge is 0.512 e. The first-order valence-electron chi connectivity index (χ1n) is 18.9. The number of carbonyl (C=O) groups is 2. The van der Waals surface area contributed by atoms with Crippen LogP contribution in [-0.4, -0.2) is 46.8 Å². The molecule has 0 radical (unpaired) electrons. The van der Waals surface area contributed by atoms with Crippen molar-refractivity contribution < 1.29 is 29.3 Å². The van der Waals surface area contributed by atoms with E-state index in [1.54, 1.807) is 0 Å². The van der Waals surface area contributed by atoms with Crippen LogP contribution in [0.5, 0.6) is 0 Å². The fourth-order valence-corrected chi connectivity index (χ4v) is 9.90. The van der Waals surface area contributed by atoms with Gasteiger partial charge in [0, 0.05) is 23.3 Å². The Morgan fingerprint density at radius 1 is 0.654 bits per heavy atom. The first-order chi connectivity index (χ1) is 24.5. The van der Waals surface area contributed by atoms with Gasteiger partial charge in [-0.3, -0.25) is 9.98 Å². The van der Waals surface area contributed by atoms with Crippen molar-refractivity contribution in [3.05, 3.63) is 94.5 Å². The zero-order valence-electron chi connectivity index (χ0n) is 32.1. The van der Waals surface area contributed by atoms with Gasteiger partial charge in [-0.25, -0.2) is 9.59 Å². The number of nitrogens with zero attached hydrogens (tertiary/aromatic N) is 2. The molecule has 0 aliphatic heterocycles. The molecule has 4 fully saturated rings. The smallest absolute Gasteiger partial charge is 0.343 e. The van der Waals surface area contributed by atoms with E-state index in [1.807, 2.05) is 60.7 Å². The van der Waals surface area contributed by atoms with Gasteiger partial charge in [0.25, 0.3) is 0 Å². The molecule has 278 valence electrons. The quantitative estimate of drug-likeness (QED) is 0.104. The number of aliphatic hydroxyl groups is 2. The maximum atomic E-state index is 13.7. The minimum absolute atomic E-state index is 0.0152. The lowest BCUT2D eigenvalue weighted by Crippen LogP contribution is -2.38. The zero-order chi connectivity index (χ0) is 37.6. The average molecular weight is 709 g/mol. The minimum Gasteiger partial charge on any atom is -0.512 e. The number of aliphatic hydroxyl groups excluding tert-OH is 2. The summed E-state index contributed by atoms with van der Waals surface area (Å²) in [6.07, 6.45) is 8.15. The Kier molecular flexibility index (Phi) is 10.1. The molecule has 4 bridgehead atoms. The predicted octanol–water partition coefficient (Wildman–Crippen LogP) is 9.79. The highest BCUT2D eigenvalue weighted by molar-refractivity contribution is 6.10. The molecular formula is C44H56N2O6. The first kappa shape index (κ1) is 37.6.